The highest BCUT2D eigenvalue weighted by Crippen LogP contribution is 2.20. The monoisotopic (exact) mass is 324 g/mol. The Kier molecular flexibility index (Phi) is 4.41. The Bertz CT molecular complexity index is 843. The largest absolute Gasteiger partial charge is 0.359 e. The van der Waals surface area contributed by atoms with E-state index in [4.69, 9.17) is 0 Å². The zero-order chi connectivity index (χ0) is 17.1. The fourth-order valence-electron chi connectivity index (χ4n) is 2.55. The van der Waals surface area contributed by atoms with Crippen LogP contribution in [0.2, 0.25) is 0 Å². The van der Waals surface area contributed by atoms with E-state index in [1.165, 1.54) is 0 Å². The van der Waals surface area contributed by atoms with Gasteiger partial charge in [-0.1, -0.05) is 13.8 Å². The molecule has 0 aliphatic heterocycles. The summed E-state index contributed by atoms with van der Waals surface area (Å²) in [5.74, 6) is 1.10. The van der Waals surface area contributed by atoms with Crippen molar-refractivity contribution in [3.05, 3.63) is 42.4 Å². The number of aromatic amines is 1. The lowest BCUT2D eigenvalue weighted by Crippen LogP contribution is -2.23. The highest BCUT2D eigenvalue weighted by molar-refractivity contribution is 6.10. The predicted octanol–water partition coefficient (Wildman–Crippen LogP) is 2.70. The number of hydrogen-bond acceptors (Lipinski definition) is 5. The molecule has 0 atom stereocenters. The minimum absolute atomic E-state index is 0.268. The molecule has 0 radical (unpaired) electrons. The van der Waals surface area contributed by atoms with E-state index in [0.29, 0.717) is 28.3 Å². The van der Waals surface area contributed by atoms with Gasteiger partial charge in [0.05, 0.1) is 17.3 Å². The third kappa shape index (κ3) is 3.34. The van der Waals surface area contributed by atoms with Crippen LogP contribution in [0.4, 0.5) is 11.5 Å². The Hall–Kier alpha value is -2.96. The standard InChI is InChI=1S/C17H20N6O/c1-11(2)10-23(3)14-7-6-13-15(21-22-16(13)20-14)17(24)19-12-5-4-8-18-9-12/h4-9,11H,10H2,1-3H3,(H,19,24)(H,20,21,22). The molecule has 0 aromatic carbocycles. The fourth-order valence-corrected chi connectivity index (χ4v) is 2.55. The van der Waals surface area contributed by atoms with Crippen molar-refractivity contribution in [2.24, 2.45) is 5.92 Å². The van der Waals surface area contributed by atoms with E-state index in [1.54, 1.807) is 24.5 Å². The first kappa shape index (κ1) is 15.9. The second-order valence-corrected chi connectivity index (χ2v) is 6.11. The predicted molar refractivity (Wildman–Crippen MR) is 94.2 cm³/mol. The van der Waals surface area contributed by atoms with Crippen molar-refractivity contribution in [2.45, 2.75) is 13.8 Å². The Morgan fingerprint density at radius 2 is 2.17 bits per heavy atom. The Morgan fingerprint density at radius 1 is 1.33 bits per heavy atom. The van der Waals surface area contributed by atoms with Crippen LogP contribution < -0.4 is 10.2 Å². The maximum atomic E-state index is 12.4. The molecule has 2 N–H and O–H groups in total. The van der Waals surface area contributed by atoms with Crippen molar-refractivity contribution in [3.8, 4) is 0 Å². The average molecular weight is 324 g/mol. The van der Waals surface area contributed by atoms with Crippen LogP contribution in [0.1, 0.15) is 24.3 Å². The molecule has 3 rings (SSSR count). The van der Waals surface area contributed by atoms with E-state index >= 15 is 0 Å². The third-order valence-electron chi connectivity index (χ3n) is 3.58. The van der Waals surface area contributed by atoms with Gasteiger partial charge in [-0.15, -0.1) is 0 Å². The molecule has 7 nitrogen and oxygen atoms in total. The van der Waals surface area contributed by atoms with Gasteiger partial charge >= 0.3 is 0 Å². The molecule has 3 aromatic heterocycles. The molecule has 24 heavy (non-hydrogen) atoms. The first-order chi connectivity index (χ1) is 11.5. The van der Waals surface area contributed by atoms with E-state index in [9.17, 15) is 4.79 Å². The van der Waals surface area contributed by atoms with Crippen LogP contribution in [0.3, 0.4) is 0 Å². The van der Waals surface area contributed by atoms with Crippen LogP contribution >= 0.6 is 0 Å². The number of nitrogens with zero attached hydrogens (tertiary/aromatic N) is 4. The molecular formula is C17H20N6O. The van der Waals surface area contributed by atoms with Crippen LogP contribution in [-0.2, 0) is 0 Å². The van der Waals surface area contributed by atoms with Crippen molar-refractivity contribution in [3.63, 3.8) is 0 Å². The first-order valence-corrected chi connectivity index (χ1v) is 7.82. The van der Waals surface area contributed by atoms with Crippen molar-refractivity contribution in [2.75, 3.05) is 23.8 Å². The topological polar surface area (TPSA) is 86.8 Å². The summed E-state index contributed by atoms with van der Waals surface area (Å²) in [6.45, 7) is 5.21. The molecule has 0 aliphatic carbocycles. The Morgan fingerprint density at radius 3 is 2.88 bits per heavy atom. The van der Waals surface area contributed by atoms with Crippen molar-refractivity contribution < 1.29 is 4.79 Å². The van der Waals surface area contributed by atoms with Gasteiger partial charge in [-0.3, -0.25) is 14.9 Å². The number of amides is 1. The number of pyridine rings is 2. The van der Waals surface area contributed by atoms with E-state index in [0.717, 1.165) is 12.4 Å². The summed E-state index contributed by atoms with van der Waals surface area (Å²) < 4.78 is 0. The summed E-state index contributed by atoms with van der Waals surface area (Å²) >= 11 is 0. The highest BCUT2D eigenvalue weighted by atomic mass is 16.1. The molecule has 3 heterocycles. The summed E-state index contributed by atoms with van der Waals surface area (Å²) in [6, 6.07) is 7.32. The molecule has 0 unspecified atom stereocenters. The van der Waals surface area contributed by atoms with Gasteiger partial charge in [0, 0.05) is 19.8 Å². The van der Waals surface area contributed by atoms with E-state index in [1.807, 2.05) is 19.2 Å². The van der Waals surface area contributed by atoms with Crippen LogP contribution in [-0.4, -0.2) is 39.7 Å². The summed E-state index contributed by atoms with van der Waals surface area (Å²) in [7, 11) is 2.00. The minimum Gasteiger partial charge on any atom is -0.359 e. The molecule has 1 amide bonds. The van der Waals surface area contributed by atoms with Gasteiger partial charge < -0.3 is 10.2 Å². The zero-order valence-electron chi connectivity index (χ0n) is 13.9. The lowest BCUT2D eigenvalue weighted by atomic mass is 10.2. The number of anilines is 2. The number of carbonyl (C=O) groups excluding carboxylic acids is 1. The van der Waals surface area contributed by atoms with Gasteiger partial charge in [-0.2, -0.15) is 5.10 Å². The summed E-state index contributed by atoms with van der Waals surface area (Å²) in [5.41, 5.74) is 1.55. The SMILES string of the molecule is CC(C)CN(C)c1ccc2c(C(=O)Nc3cccnc3)[nH]nc2n1. The second-order valence-electron chi connectivity index (χ2n) is 6.11. The molecule has 3 aromatic rings. The van der Waals surface area contributed by atoms with Gasteiger partial charge in [0.25, 0.3) is 5.91 Å². The zero-order valence-corrected chi connectivity index (χ0v) is 13.9. The molecule has 124 valence electrons. The summed E-state index contributed by atoms with van der Waals surface area (Å²) in [6.07, 6.45) is 3.24. The van der Waals surface area contributed by atoms with Crippen molar-refractivity contribution in [1.82, 2.24) is 20.2 Å². The number of hydrogen-bond donors (Lipinski definition) is 2. The second kappa shape index (κ2) is 6.66. The molecule has 0 aliphatic rings. The molecule has 0 saturated heterocycles. The summed E-state index contributed by atoms with van der Waals surface area (Å²) in [5, 5.41) is 10.4. The lowest BCUT2D eigenvalue weighted by molar-refractivity contribution is 0.102. The molecule has 0 spiro atoms. The van der Waals surface area contributed by atoms with Crippen LogP contribution in [0.15, 0.2) is 36.7 Å². The van der Waals surface area contributed by atoms with Gasteiger partial charge in [0.15, 0.2) is 5.65 Å². The maximum absolute atomic E-state index is 12.4. The Labute approximate surface area is 140 Å². The molecule has 7 heteroatoms. The minimum atomic E-state index is -0.268. The number of rotatable bonds is 5. The number of H-pyrrole nitrogens is 1. The van der Waals surface area contributed by atoms with Crippen LogP contribution in [0.25, 0.3) is 11.0 Å². The maximum Gasteiger partial charge on any atom is 0.274 e. The Balaban J connectivity index is 1.84. The average Bonchev–Trinajstić information content (AvgIpc) is 2.98. The smallest absolute Gasteiger partial charge is 0.274 e. The summed E-state index contributed by atoms with van der Waals surface area (Å²) in [4.78, 5) is 23.0. The molecule has 0 bridgehead atoms. The van der Waals surface area contributed by atoms with Crippen LogP contribution in [0.5, 0.6) is 0 Å². The fraction of sp³-hybridized carbons (Fsp3) is 0.294. The molecule has 0 saturated carbocycles. The number of aromatic nitrogens is 4. The quantitative estimate of drug-likeness (QED) is 0.753. The number of nitrogens with one attached hydrogen (secondary N) is 2. The third-order valence-corrected chi connectivity index (χ3v) is 3.58. The van der Waals surface area contributed by atoms with E-state index < -0.39 is 0 Å². The van der Waals surface area contributed by atoms with Crippen molar-refractivity contribution >= 4 is 28.4 Å². The van der Waals surface area contributed by atoms with E-state index in [2.05, 4.69) is 44.2 Å². The molecule has 0 fully saturated rings. The normalized spacial score (nSPS) is 11.0. The van der Waals surface area contributed by atoms with Gasteiger partial charge in [-0.05, 0) is 30.2 Å². The lowest BCUT2D eigenvalue weighted by Gasteiger charge is -2.20. The number of carbonyl (C=O) groups is 1. The first-order valence-electron chi connectivity index (χ1n) is 7.82. The van der Waals surface area contributed by atoms with Gasteiger partial charge in [0.1, 0.15) is 11.5 Å². The van der Waals surface area contributed by atoms with Gasteiger partial charge in [0.2, 0.25) is 0 Å². The van der Waals surface area contributed by atoms with E-state index in [-0.39, 0.29) is 5.91 Å². The van der Waals surface area contributed by atoms with Crippen LogP contribution in [0, 0.1) is 5.92 Å². The number of fused-ring (bicyclic) bond motifs is 1. The van der Waals surface area contributed by atoms with Crippen molar-refractivity contribution in [1.29, 1.82) is 0 Å². The van der Waals surface area contributed by atoms with Gasteiger partial charge in [-0.25, -0.2) is 4.98 Å². The molecular weight excluding hydrogens is 304 g/mol. The highest BCUT2D eigenvalue weighted by Gasteiger charge is 2.16.